The van der Waals surface area contributed by atoms with E-state index in [1.54, 1.807) is 0 Å². The Morgan fingerprint density at radius 1 is 1.56 bits per heavy atom. The molecular formula is C12H15N3O2S. The van der Waals surface area contributed by atoms with Crippen molar-refractivity contribution in [3.8, 4) is 0 Å². The van der Waals surface area contributed by atoms with E-state index in [4.69, 9.17) is 4.74 Å². The first-order valence-corrected chi connectivity index (χ1v) is 6.99. The number of piperidine rings is 1. The predicted octanol–water partition coefficient (Wildman–Crippen LogP) is 1.25. The molecule has 0 aliphatic carbocycles. The van der Waals surface area contributed by atoms with Gasteiger partial charge in [-0.25, -0.2) is 4.98 Å². The molecule has 96 valence electrons. The largest absolute Gasteiger partial charge is 0.369 e. The summed E-state index contributed by atoms with van der Waals surface area (Å²) in [5, 5.41) is 5.17. The van der Waals surface area contributed by atoms with Crippen LogP contribution in [0.4, 0.5) is 0 Å². The zero-order valence-corrected chi connectivity index (χ0v) is 10.8. The van der Waals surface area contributed by atoms with Crippen molar-refractivity contribution in [1.29, 1.82) is 0 Å². The van der Waals surface area contributed by atoms with Crippen LogP contribution in [0.2, 0.25) is 0 Å². The molecule has 3 rings (SSSR count). The van der Waals surface area contributed by atoms with Gasteiger partial charge < -0.3 is 15.0 Å². The number of rotatable bonds is 3. The van der Waals surface area contributed by atoms with Crippen molar-refractivity contribution in [3.05, 3.63) is 27.6 Å². The SMILES string of the molecule is O=c1[nH]c(CO[C@H]2CCCNC2)nc2ccsc12. The lowest BCUT2D eigenvalue weighted by Crippen LogP contribution is -2.35. The monoisotopic (exact) mass is 265 g/mol. The van der Waals surface area contributed by atoms with E-state index in [1.807, 2.05) is 11.4 Å². The Morgan fingerprint density at radius 3 is 3.33 bits per heavy atom. The van der Waals surface area contributed by atoms with Gasteiger partial charge in [0.1, 0.15) is 17.1 Å². The van der Waals surface area contributed by atoms with Crippen LogP contribution >= 0.6 is 11.3 Å². The number of ether oxygens (including phenoxy) is 1. The number of aromatic nitrogens is 2. The Morgan fingerprint density at radius 2 is 2.50 bits per heavy atom. The van der Waals surface area contributed by atoms with Crippen molar-refractivity contribution in [1.82, 2.24) is 15.3 Å². The van der Waals surface area contributed by atoms with Gasteiger partial charge in [-0.3, -0.25) is 4.79 Å². The Balaban J connectivity index is 1.72. The highest BCUT2D eigenvalue weighted by Gasteiger charge is 2.14. The summed E-state index contributed by atoms with van der Waals surface area (Å²) in [6.45, 7) is 2.31. The third-order valence-corrected chi connectivity index (χ3v) is 3.97. The molecule has 1 fully saturated rings. The molecule has 5 nitrogen and oxygen atoms in total. The summed E-state index contributed by atoms with van der Waals surface area (Å²) in [6.07, 6.45) is 2.43. The van der Waals surface area contributed by atoms with Crippen molar-refractivity contribution in [2.75, 3.05) is 13.1 Å². The van der Waals surface area contributed by atoms with Crippen LogP contribution in [0.1, 0.15) is 18.7 Å². The number of nitrogens with one attached hydrogen (secondary N) is 2. The zero-order chi connectivity index (χ0) is 12.4. The second-order valence-electron chi connectivity index (χ2n) is 4.43. The van der Waals surface area contributed by atoms with Gasteiger partial charge in [-0.1, -0.05) is 0 Å². The van der Waals surface area contributed by atoms with E-state index < -0.39 is 0 Å². The molecule has 6 heteroatoms. The quantitative estimate of drug-likeness (QED) is 0.876. The van der Waals surface area contributed by atoms with Gasteiger partial charge in [0, 0.05) is 6.54 Å². The van der Waals surface area contributed by atoms with Gasteiger partial charge in [0.15, 0.2) is 0 Å². The summed E-state index contributed by atoms with van der Waals surface area (Å²) in [5.74, 6) is 0.608. The molecule has 0 spiro atoms. The highest BCUT2D eigenvalue weighted by molar-refractivity contribution is 7.17. The fourth-order valence-electron chi connectivity index (χ4n) is 2.15. The van der Waals surface area contributed by atoms with Gasteiger partial charge in [-0.05, 0) is 30.8 Å². The summed E-state index contributed by atoms with van der Waals surface area (Å²) >= 11 is 1.41. The lowest BCUT2D eigenvalue weighted by molar-refractivity contribution is 0.0219. The number of hydrogen-bond acceptors (Lipinski definition) is 5. The molecule has 1 saturated heterocycles. The smallest absolute Gasteiger partial charge is 0.268 e. The van der Waals surface area contributed by atoms with E-state index in [2.05, 4.69) is 15.3 Å². The second kappa shape index (κ2) is 5.17. The topological polar surface area (TPSA) is 67.0 Å². The van der Waals surface area contributed by atoms with Gasteiger partial charge in [0.25, 0.3) is 5.56 Å². The van der Waals surface area contributed by atoms with Crippen LogP contribution in [0.15, 0.2) is 16.2 Å². The summed E-state index contributed by atoms with van der Waals surface area (Å²) in [5.41, 5.74) is 0.680. The van der Waals surface area contributed by atoms with Crippen LogP contribution in [-0.2, 0) is 11.3 Å². The van der Waals surface area contributed by atoms with Crippen LogP contribution < -0.4 is 10.9 Å². The van der Waals surface area contributed by atoms with Crippen LogP contribution in [0.25, 0.3) is 10.2 Å². The van der Waals surface area contributed by atoms with Crippen molar-refractivity contribution in [2.24, 2.45) is 0 Å². The average molecular weight is 265 g/mol. The molecule has 0 amide bonds. The Kier molecular flexibility index (Phi) is 3.40. The third-order valence-electron chi connectivity index (χ3n) is 3.07. The first kappa shape index (κ1) is 11.8. The minimum Gasteiger partial charge on any atom is -0.369 e. The number of hydrogen-bond donors (Lipinski definition) is 2. The van der Waals surface area contributed by atoms with Gasteiger partial charge in [-0.15, -0.1) is 11.3 Å². The van der Waals surface area contributed by atoms with Crippen LogP contribution in [-0.4, -0.2) is 29.2 Å². The Bertz CT molecular complexity index is 586. The molecule has 0 saturated carbocycles. The third kappa shape index (κ3) is 2.45. The van der Waals surface area contributed by atoms with Gasteiger partial charge in [-0.2, -0.15) is 0 Å². The van der Waals surface area contributed by atoms with E-state index >= 15 is 0 Å². The first-order chi connectivity index (χ1) is 8.83. The van der Waals surface area contributed by atoms with Crippen LogP contribution in [0.3, 0.4) is 0 Å². The van der Waals surface area contributed by atoms with E-state index in [1.165, 1.54) is 11.3 Å². The number of nitrogens with zero attached hydrogens (tertiary/aromatic N) is 1. The van der Waals surface area contributed by atoms with E-state index in [0.29, 0.717) is 17.1 Å². The molecule has 0 bridgehead atoms. The zero-order valence-electron chi connectivity index (χ0n) is 9.94. The summed E-state index contributed by atoms with van der Waals surface area (Å²) in [7, 11) is 0. The van der Waals surface area contributed by atoms with Gasteiger partial charge >= 0.3 is 0 Å². The molecule has 1 aliphatic rings. The van der Waals surface area contributed by atoms with Crippen LogP contribution in [0.5, 0.6) is 0 Å². The van der Waals surface area contributed by atoms with Crippen molar-refractivity contribution < 1.29 is 4.74 Å². The minimum absolute atomic E-state index is 0.0737. The molecular weight excluding hydrogens is 250 g/mol. The molecule has 18 heavy (non-hydrogen) atoms. The maximum atomic E-state index is 11.8. The molecule has 1 atom stereocenters. The van der Waals surface area contributed by atoms with Crippen molar-refractivity contribution in [2.45, 2.75) is 25.6 Å². The number of thiophene rings is 1. The van der Waals surface area contributed by atoms with Gasteiger partial charge in [0.2, 0.25) is 0 Å². The molecule has 3 heterocycles. The van der Waals surface area contributed by atoms with E-state index in [9.17, 15) is 4.79 Å². The number of fused-ring (bicyclic) bond motifs is 1. The molecule has 0 aromatic carbocycles. The summed E-state index contributed by atoms with van der Waals surface area (Å²) in [4.78, 5) is 18.9. The second-order valence-corrected chi connectivity index (χ2v) is 5.34. The molecule has 2 N–H and O–H groups in total. The fraction of sp³-hybridized carbons (Fsp3) is 0.500. The maximum absolute atomic E-state index is 11.8. The van der Waals surface area contributed by atoms with Gasteiger partial charge in [0.05, 0.1) is 11.6 Å². The first-order valence-electron chi connectivity index (χ1n) is 6.11. The molecule has 1 aliphatic heterocycles. The minimum atomic E-state index is -0.0737. The highest BCUT2D eigenvalue weighted by atomic mass is 32.1. The predicted molar refractivity (Wildman–Crippen MR) is 70.9 cm³/mol. The van der Waals surface area contributed by atoms with E-state index in [0.717, 1.165) is 31.4 Å². The summed E-state index contributed by atoms with van der Waals surface area (Å²) < 4.78 is 6.44. The highest BCUT2D eigenvalue weighted by Crippen LogP contribution is 2.14. The normalized spacial score (nSPS) is 20.3. The van der Waals surface area contributed by atoms with E-state index in [-0.39, 0.29) is 11.7 Å². The lowest BCUT2D eigenvalue weighted by Gasteiger charge is -2.22. The molecule has 2 aromatic heterocycles. The maximum Gasteiger partial charge on any atom is 0.268 e. The Hall–Kier alpha value is -1.24. The molecule has 0 unspecified atom stereocenters. The van der Waals surface area contributed by atoms with Crippen molar-refractivity contribution >= 4 is 21.6 Å². The lowest BCUT2D eigenvalue weighted by atomic mass is 10.1. The molecule has 2 aromatic rings. The average Bonchev–Trinajstić information content (AvgIpc) is 2.86. The number of aromatic amines is 1. The van der Waals surface area contributed by atoms with Crippen molar-refractivity contribution in [3.63, 3.8) is 0 Å². The fourth-order valence-corrected chi connectivity index (χ4v) is 2.87. The molecule has 0 radical (unpaired) electrons. The Labute approximate surface area is 108 Å². The summed E-state index contributed by atoms with van der Waals surface area (Å²) in [6, 6.07) is 1.86. The standard InChI is InChI=1S/C12H15N3O2S/c16-12-11-9(3-5-18-11)14-10(15-12)7-17-8-2-1-4-13-6-8/h3,5,8,13H,1-2,4,6-7H2,(H,14,15,16)/t8-/m0/s1. The van der Waals surface area contributed by atoms with Crippen LogP contribution in [0, 0.1) is 0 Å². The number of H-pyrrole nitrogens is 1.